The number of hydrogen-bond donors (Lipinski definition) is 11. The minimum absolute atomic E-state index is 0.0133. The topological polar surface area (TPSA) is 339 Å². The molecule has 0 aliphatic carbocycles. The van der Waals surface area contributed by atoms with Crippen molar-refractivity contribution < 1.29 is 54.0 Å². The third-order valence-electron chi connectivity index (χ3n) is 5.46. The summed E-state index contributed by atoms with van der Waals surface area (Å²) in [5, 5.41) is 45.1. The molecular formula is C23H40N8O11. The van der Waals surface area contributed by atoms with E-state index in [9.17, 15) is 38.7 Å². The summed E-state index contributed by atoms with van der Waals surface area (Å²) in [6.45, 7) is 2.46. The van der Waals surface area contributed by atoms with Crippen LogP contribution >= 0.6 is 0 Å². The minimum atomic E-state index is -1.78. The second-order valence-electron chi connectivity index (χ2n) is 9.65. The van der Waals surface area contributed by atoms with Gasteiger partial charge in [0, 0.05) is 6.54 Å². The zero-order valence-electron chi connectivity index (χ0n) is 23.2. The van der Waals surface area contributed by atoms with Gasteiger partial charge in [0.2, 0.25) is 23.6 Å². The number of aliphatic hydroxyl groups excluding tert-OH is 1. The van der Waals surface area contributed by atoms with Crippen molar-refractivity contribution in [2.45, 2.75) is 76.2 Å². The fourth-order valence-electron chi connectivity index (χ4n) is 3.42. The molecule has 0 aromatic rings. The number of aliphatic carboxylic acids is 3. The number of carbonyl (C=O) groups is 7. The van der Waals surface area contributed by atoms with Gasteiger partial charge in [0.1, 0.15) is 24.2 Å². The minimum Gasteiger partial charge on any atom is -0.481 e. The van der Waals surface area contributed by atoms with Gasteiger partial charge in [-0.05, 0) is 25.2 Å². The number of aliphatic hydroxyl groups is 1. The van der Waals surface area contributed by atoms with Gasteiger partial charge in [-0.3, -0.25) is 33.8 Å². The van der Waals surface area contributed by atoms with Gasteiger partial charge >= 0.3 is 17.9 Å². The predicted molar refractivity (Wildman–Crippen MR) is 144 cm³/mol. The molecule has 0 saturated carbocycles. The van der Waals surface area contributed by atoms with Crippen LogP contribution in [0, 0.1) is 5.92 Å². The second-order valence-corrected chi connectivity index (χ2v) is 9.65. The lowest BCUT2D eigenvalue weighted by atomic mass is 10.0. The molecule has 0 heterocycles. The molecule has 0 spiro atoms. The largest absolute Gasteiger partial charge is 0.481 e. The average Bonchev–Trinajstić information content (AvgIpc) is 2.86. The Labute approximate surface area is 240 Å². The quantitative estimate of drug-likeness (QED) is 0.0354. The first kappa shape index (κ1) is 37.5. The number of carbonyl (C=O) groups excluding carboxylic acids is 4. The second kappa shape index (κ2) is 18.8. The Morgan fingerprint density at radius 3 is 1.67 bits per heavy atom. The molecule has 19 nitrogen and oxygen atoms in total. The molecule has 0 aromatic heterocycles. The van der Waals surface area contributed by atoms with Crippen LogP contribution in [-0.2, 0) is 33.6 Å². The lowest BCUT2D eigenvalue weighted by Crippen LogP contribution is -2.59. The molecule has 5 atom stereocenters. The summed E-state index contributed by atoms with van der Waals surface area (Å²) in [4.78, 5) is 88.4. The van der Waals surface area contributed by atoms with E-state index in [1.807, 2.05) is 5.32 Å². The average molecular weight is 605 g/mol. The van der Waals surface area contributed by atoms with Gasteiger partial charge < -0.3 is 58.9 Å². The van der Waals surface area contributed by atoms with E-state index in [0.717, 1.165) is 0 Å². The van der Waals surface area contributed by atoms with Crippen LogP contribution in [-0.4, -0.2) is 111 Å². The fourth-order valence-corrected chi connectivity index (χ4v) is 3.42. The van der Waals surface area contributed by atoms with Gasteiger partial charge in [0.15, 0.2) is 5.96 Å². The number of hydrogen-bond acceptors (Lipinski definition) is 10. The smallest absolute Gasteiger partial charge is 0.328 e. The van der Waals surface area contributed by atoms with E-state index in [-0.39, 0.29) is 37.7 Å². The number of guanidine groups is 1. The van der Waals surface area contributed by atoms with Crippen molar-refractivity contribution in [3.63, 3.8) is 0 Å². The van der Waals surface area contributed by atoms with Gasteiger partial charge in [-0.1, -0.05) is 13.8 Å². The van der Waals surface area contributed by atoms with Crippen LogP contribution in [0.3, 0.4) is 0 Å². The van der Waals surface area contributed by atoms with Crippen molar-refractivity contribution in [3.05, 3.63) is 0 Å². The number of carboxylic acids is 3. The van der Waals surface area contributed by atoms with E-state index in [0.29, 0.717) is 0 Å². The van der Waals surface area contributed by atoms with Gasteiger partial charge in [-0.25, -0.2) is 4.79 Å². The summed E-state index contributed by atoms with van der Waals surface area (Å²) in [6.07, 6.45) is -1.59. The zero-order chi connectivity index (χ0) is 32.6. The molecule has 0 aliphatic rings. The molecule has 42 heavy (non-hydrogen) atoms. The Bertz CT molecular complexity index is 1020. The summed E-state index contributed by atoms with van der Waals surface area (Å²) >= 11 is 0. The van der Waals surface area contributed by atoms with E-state index >= 15 is 0 Å². The molecule has 0 saturated heterocycles. The molecule has 19 heteroatoms. The maximum Gasteiger partial charge on any atom is 0.328 e. The Morgan fingerprint density at radius 1 is 0.714 bits per heavy atom. The van der Waals surface area contributed by atoms with Crippen LogP contribution < -0.4 is 38.5 Å². The van der Waals surface area contributed by atoms with Crippen LogP contribution in [0.2, 0.25) is 0 Å². The highest BCUT2D eigenvalue weighted by atomic mass is 16.4. The number of nitrogens with two attached hydrogens (primary N) is 3. The van der Waals surface area contributed by atoms with E-state index in [1.54, 1.807) is 13.8 Å². The first-order valence-electron chi connectivity index (χ1n) is 12.8. The molecule has 0 bridgehead atoms. The van der Waals surface area contributed by atoms with Crippen LogP contribution in [0.25, 0.3) is 0 Å². The van der Waals surface area contributed by atoms with Crippen LogP contribution in [0.1, 0.15) is 46.0 Å². The van der Waals surface area contributed by atoms with Crippen LogP contribution in [0.5, 0.6) is 0 Å². The standard InChI is InChI=1S/C23H40N8O11/c1-10(2)6-13(20(39)30-14(8-17(35)36)21(40)31-15(9-32)22(41)42)29-19(38)12(4-3-5-27-23(25)26)28-18(37)11(24)7-16(33)34/h10-15,32H,3-9,24H2,1-2H3,(H,28,37)(H,29,38)(H,30,39)(H,31,40)(H,33,34)(H,35,36)(H,41,42)(H4,25,26,27)/t11-,12+,13+,14-,15+/m1/s1. The van der Waals surface area contributed by atoms with E-state index in [2.05, 4.69) is 20.9 Å². The van der Waals surface area contributed by atoms with Crippen molar-refractivity contribution in [2.75, 3.05) is 13.2 Å². The number of nitrogens with zero attached hydrogens (tertiary/aromatic N) is 1. The lowest BCUT2D eigenvalue weighted by Gasteiger charge is -2.26. The molecule has 14 N–H and O–H groups in total. The molecule has 0 aromatic carbocycles. The van der Waals surface area contributed by atoms with Crippen molar-refractivity contribution in [2.24, 2.45) is 28.1 Å². The first-order chi connectivity index (χ1) is 19.5. The summed E-state index contributed by atoms with van der Waals surface area (Å²) < 4.78 is 0. The molecule has 0 rings (SSSR count). The normalized spacial score (nSPS) is 14.3. The summed E-state index contributed by atoms with van der Waals surface area (Å²) in [7, 11) is 0. The number of nitrogens with one attached hydrogen (secondary N) is 4. The van der Waals surface area contributed by atoms with Gasteiger partial charge in [0.25, 0.3) is 0 Å². The fraction of sp³-hybridized carbons (Fsp3) is 0.652. The highest BCUT2D eigenvalue weighted by Crippen LogP contribution is 2.09. The van der Waals surface area contributed by atoms with Crippen molar-refractivity contribution in [3.8, 4) is 0 Å². The van der Waals surface area contributed by atoms with E-state index in [4.69, 9.17) is 32.5 Å². The Morgan fingerprint density at radius 2 is 1.19 bits per heavy atom. The summed E-state index contributed by atoms with van der Waals surface area (Å²) in [5.74, 6) is -8.97. The summed E-state index contributed by atoms with van der Waals surface area (Å²) in [5.41, 5.74) is 16.1. The first-order valence-corrected chi connectivity index (χ1v) is 12.8. The lowest BCUT2D eigenvalue weighted by molar-refractivity contribution is -0.144. The molecule has 0 fully saturated rings. The highest BCUT2D eigenvalue weighted by molar-refractivity contribution is 5.96. The number of carboxylic acid groups (broad SMARTS) is 3. The molecule has 0 unspecified atom stereocenters. The number of aliphatic imine (C=N–C) groups is 1. The van der Waals surface area contributed by atoms with Crippen molar-refractivity contribution >= 4 is 47.5 Å². The zero-order valence-corrected chi connectivity index (χ0v) is 23.2. The Hall–Kier alpha value is -4.52. The monoisotopic (exact) mass is 604 g/mol. The summed E-state index contributed by atoms with van der Waals surface area (Å²) in [6, 6.07) is -7.73. The molecule has 4 amide bonds. The van der Waals surface area contributed by atoms with Crippen LogP contribution in [0.4, 0.5) is 0 Å². The van der Waals surface area contributed by atoms with Crippen molar-refractivity contribution in [1.29, 1.82) is 0 Å². The molecular weight excluding hydrogens is 564 g/mol. The predicted octanol–water partition coefficient (Wildman–Crippen LogP) is -4.62. The van der Waals surface area contributed by atoms with Gasteiger partial charge in [-0.15, -0.1) is 0 Å². The highest BCUT2D eigenvalue weighted by Gasteiger charge is 2.33. The molecule has 238 valence electrons. The van der Waals surface area contributed by atoms with Crippen LogP contribution in [0.15, 0.2) is 4.99 Å². The maximum absolute atomic E-state index is 13.2. The number of amides is 4. The van der Waals surface area contributed by atoms with E-state index < -0.39 is 91.2 Å². The third kappa shape index (κ3) is 15.3. The third-order valence-corrected chi connectivity index (χ3v) is 5.46. The Balaban J connectivity index is 5.92. The van der Waals surface area contributed by atoms with Gasteiger partial charge in [-0.2, -0.15) is 0 Å². The maximum atomic E-state index is 13.2. The van der Waals surface area contributed by atoms with Crippen molar-refractivity contribution in [1.82, 2.24) is 21.3 Å². The number of rotatable bonds is 20. The van der Waals surface area contributed by atoms with Gasteiger partial charge in [0.05, 0.1) is 25.5 Å². The molecule has 0 radical (unpaired) electrons. The SMILES string of the molecule is CC(C)C[C@H](NC(=O)[C@H](CCCN=C(N)N)NC(=O)[C@H](N)CC(=O)O)C(=O)N[C@H](CC(=O)O)C(=O)N[C@@H](CO)C(=O)O. The molecule has 0 aliphatic heterocycles. The van der Waals surface area contributed by atoms with E-state index in [1.165, 1.54) is 0 Å². The Kier molecular flexibility index (Phi) is 16.7.